The topological polar surface area (TPSA) is 32.3 Å². The predicted molar refractivity (Wildman–Crippen MR) is 34.6 cm³/mol. The van der Waals surface area contributed by atoms with Gasteiger partial charge in [0.25, 0.3) is 0 Å². The molecule has 2 heteroatoms. The van der Waals surface area contributed by atoms with Gasteiger partial charge in [-0.15, -0.1) is 0 Å². The van der Waals surface area contributed by atoms with E-state index in [9.17, 15) is 0 Å². The summed E-state index contributed by atoms with van der Waals surface area (Å²) in [6.45, 7) is 0.987. The Hall–Kier alpha value is -0.0800. The number of aliphatic hydroxyl groups is 1. The summed E-state index contributed by atoms with van der Waals surface area (Å²) in [5.41, 5.74) is 0. The molecule has 1 rings (SSSR count). The molecule has 0 spiro atoms. The van der Waals surface area contributed by atoms with Crippen molar-refractivity contribution in [1.29, 1.82) is 0 Å². The molecule has 0 amide bonds. The summed E-state index contributed by atoms with van der Waals surface area (Å²) in [6, 6.07) is 0. The molecule has 1 unspecified atom stereocenters. The van der Waals surface area contributed by atoms with Crippen molar-refractivity contribution >= 4 is 0 Å². The molecule has 0 aromatic heterocycles. The average Bonchev–Trinajstić information content (AvgIpc) is 1.69. The lowest BCUT2D eigenvalue weighted by Crippen LogP contribution is -2.33. The molecule has 0 saturated carbocycles. The molecule has 1 heterocycles. The lowest BCUT2D eigenvalue weighted by Gasteiger charge is -2.17. The standard InChI is InChI=1S/C5H11NO.CH4/c7-5-3-1-2-4-6-5;/h5-7H,1-4H2;1H4. The first kappa shape index (κ1) is 7.92. The summed E-state index contributed by atoms with van der Waals surface area (Å²) < 4.78 is 0. The second-order valence-corrected chi connectivity index (χ2v) is 1.97. The Morgan fingerprint density at radius 1 is 1.38 bits per heavy atom. The normalized spacial score (nSPS) is 28.9. The fourth-order valence-electron chi connectivity index (χ4n) is 0.833. The van der Waals surface area contributed by atoms with Crippen molar-refractivity contribution < 1.29 is 5.11 Å². The van der Waals surface area contributed by atoms with Crippen LogP contribution in [-0.2, 0) is 0 Å². The maximum Gasteiger partial charge on any atom is 0.104 e. The minimum absolute atomic E-state index is 0. The van der Waals surface area contributed by atoms with Crippen molar-refractivity contribution in [2.45, 2.75) is 32.9 Å². The SMILES string of the molecule is C.OC1CCCCN1. The molecule has 8 heavy (non-hydrogen) atoms. The van der Waals surface area contributed by atoms with E-state index >= 15 is 0 Å². The molecule has 50 valence electrons. The van der Waals surface area contributed by atoms with Gasteiger partial charge in [0, 0.05) is 0 Å². The summed E-state index contributed by atoms with van der Waals surface area (Å²) in [5.74, 6) is 0. The van der Waals surface area contributed by atoms with Gasteiger partial charge in [0.05, 0.1) is 0 Å². The highest BCUT2D eigenvalue weighted by atomic mass is 16.3. The molecule has 1 aliphatic rings. The number of piperidine rings is 1. The van der Waals surface area contributed by atoms with Crippen LogP contribution in [-0.4, -0.2) is 17.9 Å². The third-order valence-corrected chi connectivity index (χ3v) is 1.28. The second kappa shape index (κ2) is 3.87. The smallest absolute Gasteiger partial charge is 0.104 e. The van der Waals surface area contributed by atoms with E-state index in [-0.39, 0.29) is 13.7 Å². The van der Waals surface area contributed by atoms with E-state index in [1.165, 1.54) is 12.8 Å². The van der Waals surface area contributed by atoms with Crippen LogP contribution in [0.1, 0.15) is 26.7 Å². The minimum Gasteiger partial charge on any atom is -0.379 e. The summed E-state index contributed by atoms with van der Waals surface area (Å²) >= 11 is 0. The van der Waals surface area contributed by atoms with Gasteiger partial charge in [0.2, 0.25) is 0 Å². The van der Waals surface area contributed by atoms with E-state index in [4.69, 9.17) is 5.11 Å². The molecule has 1 atom stereocenters. The van der Waals surface area contributed by atoms with Gasteiger partial charge in [-0.3, -0.25) is 5.32 Å². The van der Waals surface area contributed by atoms with Crippen LogP contribution in [0.5, 0.6) is 0 Å². The van der Waals surface area contributed by atoms with Gasteiger partial charge in [-0.2, -0.15) is 0 Å². The fraction of sp³-hybridized carbons (Fsp3) is 1.00. The predicted octanol–water partition coefficient (Wildman–Crippen LogP) is 0.714. The van der Waals surface area contributed by atoms with Crippen LogP contribution in [0.4, 0.5) is 0 Å². The first-order chi connectivity index (χ1) is 3.39. The van der Waals surface area contributed by atoms with Crippen LogP contribution in [0.15, 0.2) is 0 Å². The van der Waals surface area contributed by atoms with E-state index in [1.807, 2.05) is 0 Å². The van der Waals surface area contributed by atoms with Gasteiger partial charge >= 0.3 is 0 Å². The van der Waals surface area contributed by atoms with Gasteiger partial charge in [0.1, 0.15) is 6.23 Å². The van der Waals surface area contributed by atoms with E-state index in [1.54, 1.807) is 0 Å². The maximum atomic E-state index is 8.80. The highest BCUT2D eigenvalue weighted by Crippen LogP contribution is 2.02. The molecule has 2 nitrogen and oxygen atoms in total. The lowest BCUT2D eigenvalue weighted by atomic mass is 10.1. The third-order valence-electron chi connectivity index (χ3n) is 1.28. The summed E-state index contributed by atoms with van der Waals surface area (Å²) in [4.78, 5) is 0. The van der Waals surface area contributed by atoms with Crippen LogP contribution in [0.2, 0.25) is 0 Å². The number of hydrogen-bond acceptors (Lipinski definition) is 2. The Morgan fingerprint density at radius 2 is 2.12 bits per heavy atom. The zero-order valence-electron chi connectivity index (χ0n) is 4.35. The zero-order valence-corrected chi connectivity index (χ0v) is 4.35. The molecule has 0 aliphatic carbocycles. The number of rotatable bonds is 0. The van der Waals surface area contributed by atoms with Crippen molar-refractivity contribution in [1.82, 2.24) is 5.32 Å². The second-order valence-electron chi connectivity index (χ2n) is 1.97. The fourth-order valence-corrected chi connectivity index (χ4v) is 0.833. The van der Waals surface area contributed by atoms with Gasteiger partial charge in [-0.25, -0.2) is 0 Å². The molecule has 1 aliphatic heterocycles. The Bertz CT molecular complexity index is 50.5. The summed E-state index contributed by atoms with van der Waals surface area (Å²) in [7, 11) is 0. The summed E-state index contributed by atoms with van der Waals surface area (Å²) in [6.07, 6.45) is 3.11. The van der Waals surface area contributed by atoms with Crippen LogP contribution >= 0.6 is 0 Å². The highest BCUT2D eigenvalue weighted by molar-refractivity contribution is 4.60. The van der Waals surface area contributed by atoms with E-state index in [0.717, 1.165) is 13.0 Å². The molecule has 1 saturated heterocycles. The van der Waals surface area contributed by atoms with Gasteiger partial charge < -0.3 is 5.11 Å². The maximum absolute atomic E-state index is 8.80. The molecule has 0 radical (unpaired) electrons. The molecule has 0 bridgehead atoms. The number of hydrogen-bond donors (Lipinski definition) is 2. The molecular formula is C6H15NO. The Kier molecular flexibility index (Phi) is 3.83. The van der Waals surface area contributed by atoms with Crippen molar-refractivity contribution in [2.75, 3.05) is 6.54 Å². The molecule has 0 aromatic carbocycles. The van der Waals surface area contributed by atoms with Crippen LogP contribution in [0, 0.1) is 0 Å². The Morgan fingerprint density at radius 3 is 2.38 bits per heavy atom. The van der Waals surface area contributed by atoms with Gasteiger partial charge in [-0.05, 0) is 25.8 Å². The van der Waals surface area contributed by atoms with Crippen molar-refractivity contribution in [3.05, 3.63) is 0 Å². The first-order valence-electron chi connectivity index (χ1n) is 2.81. The third kappa shape index (κ3) is 2.28. The lowest BCUT2D eigenvalue weighted by molar-refractivity contribution is 0.108. The number of nitrogens with one attached hydrogen (secondary N) is 1. The number of aliphatic hydroxyl groups excluding tert-OH is 1. The van der Waals surface area contributed by atoms with E-state index < -0.39 is 0 Å². The average molecular weight is 117 g/mol. The quantitative estimate of drug-likeness (QED) is 0.490. The van der Waals surface area contributed by atoms with Gasteiger partial charge in [-0.1, -0.05) is 7.43 Å². The molecule has 1 fully saturated rings. The van der Waals surface area contributed by atoms with Gasteiger partial charge in [0.15, 0.2) is 0 Å². The zero-order chi connectivity index (χ0) is 5.11. The molecule has 2 N–H and O–H groups in total. The Balaban J connectivity index is 0.000000490. The van der Waals surface area contributed by atoms with Crippen molar-refractivity contribution in [2.24, 2.45) is 0 Å². The Labute approximate surface area is 50.9 Å². The monoisotopic (exact) mass is 117 g/mol. The largest absolute Gasteiger partial charge is 0.379 e. The first-order valence-corrected chi connectivity index (χ1v) is 2.81. The summed E-state index contributed by atoms with van der Waals surface area (Å²) in [5, 5.41) is 11.7. The van der Waals surface area contributed by atoms with Crippen molar-refractivity contribution in [3.63, 3.8) is 0 Å². The highest BCUT2D eigenvalue weighted by Gasteiger charge is 2.06. The van der Waals surface area contributed by atoms with Crippen LogP contribution in [0.3, 0.4) is 0 Å². The van der Waals surface area contributed by atoms with Crippen LogP contribution < -0.4 is 5.32 Å². The molecule has 0 aromatic rings. The van der Waals surface area contributed by atoms with Crippen LogP contribution in [0.25, 0.3) is 0 Å². The van der Waals surface area contributed by atoms with Crippen molar-refractivity contribution in [3.8, 4) is 0 Å². The minimum atomic E-state index is -0.214. The molecular weight excluding hydrogens is 102 g/mol. The van der Waals surface area contributed by atoms with E-state index in [0.29, 0.717) is 0 Å². The van der Waals surface area contributed by atoms with E-state index in [2.05, 4.69) is 5.32 Å².